The third kappa shape index (κ3) is 3.48. The second-order valence-electron chi connectivity index (χ2n) is 4.93. The number of rotatable bonds is 3. The summed E-state index contributed by atoms with van der Waals surface area (Å²) in [5.74, 6) is -0.474. The van der Waals surface area contributed by atoms with Crippen LogP contribution in [0.15, 0.2) is 40.5 Å². The minimum absolute atomic E-state index is 0.0156. The van der Waals surface area contributed by atoms with Crippen LogP contribution in [0.4, 0.5) is 11.4 Å². The molecular formula is C15H7Cl3N4O3. The Morgan fingerprint density at radius 2 is 1.88 bits per heavy atom. The number of nitrogens with zero attached hydrogens (tertiary/aromatic N) is 3. The number of nitrogens with one attached hydrogen (secondary N) is 1. The van der Waals surface area contributed by atoms with Crippen LogP contribution in [0, 0.1) is 10.1 Å². The van der Waals surface area contributed by atoms with Crippen molar-refractivity contribution >= 4 is 64.0 Å². The number of anilines is 1. The number of carbonyl (C=O) groups excluding carboxylic acids is 1. The highest BCUT2D eigenvalue weighted by Gasteiger charge is 2.28. The van der Waals surface area contributed by atoms with E-state index in [4.69, 9.17) is 34.8 Å². The first-order valence-electron chi connectivity index (χ1n) is 6.72. The molecule has 0 aliphatic carbocycles. The number of hydrogen-bond acceptors (Lipinski definition) is 5. The number of fused-ring (bicyclic) bond motifs is 1. The Morgan fingerprint density at radius 3 is 2.60 bits per heavy atom. The molecule has 1 aliphatic rings. The summed E-state index contributed by atoms with van der Waals surface area (Å²) in [6, 6.07) is 7.21. The van der Waals surface area contributed by atoms with E-state index in [0.29, 0.717) is 26.9 Å². The molecule has 126 valence electrons. The predicted molar refractivity (Wildman–Crippen MR) is 97.3 cm³/mol. The molecule has 7 nitrogen and oxygen atoms in total. The lowest BCUT2D eigenvalue weighted by atomic mass is 10.1. The van der Waals surface area contributed by atoms with Crippen molar-refractivity contribution in [2.24, 2.45) is 10.2 Å². The minimum Gasteiger partial charge on any atom is -0.319 e. The molecule has 1 amide bonds. The van der Waals surface area contributed by atoms with E-state index in [1.165, 1.54) is 30.5 Å². The van der Waals surface area contributed by atoms with E-state index in [2.05, 4.69) is 15.5 Å². The van der Waals surface area contributed by atoms with E-state index in [-0.39, 0.29) is 16.4 Å². The zero-order valence-electron chi connectivity index (χ0n) is 12.2. The topological polar surface area (TPSA) is 97.0 Å². The number of hydrogen-bond donors (Lipinski definition) is 1. The summed E-state index contributed by atoms with van der Waals surface area (Å²) in [7, 11) is 0. The van der Waals surface area contributed by atoms with Crippen LogP contribution in [0.5, 0.6) is 0 Å². The SMILES string of the molecule is O=C1Nc2c(Cl)cc(Cl)cc2/C1=N/N=C\c1ccc(Cl)c([N+](=O)[O-])c1. The molecule has 0 unspecified atom stereocenters. The number of carbonyl (C=O) groups is 1. The van der Waals surface area contributed by atoms with E-state index in [1.54, 1.807) is 6.07 Å². The maximum absolute atomic E-state index is 12.0. The fourth-order valence-electron chi connectivity index (χ4n) is 2.18. The summed E-state index contributed by atoms with van der Waals surface area (Å²) in [6.07, 6.45) is 1.27. The van der Waals surface area contributed by atoms with Crippen LogP contribution < -0.4 is 5.32 Å². The van der Waals surface area contributed by atoms with Crippen molar-refractivity contribution in [2.45, 2.75) is 0 Å². The number of nitro benzene ring substituents is 1. The highest BCUT2D eigenvalue weighted by Crippen LogP contribution is 2.34. The zero-order valence-corrected chi connectivity index (χ0v) is 14.4. The summed E-state index contributed by atoms with van der Waals surface area (Å²) < 4.78 is 0. The Morgan fingerprint density at radius 1 is 1.12 bits per heavy atom. The van der Waals surface area contributed by atoms with Crippen LogP contribution in [-0.2, 0) is 4.79 Å². The van der Waals surface area contributed by atoms with Crippen molar-refractivity contribution in [3.63, 3.8) is 0 Å². The average Bonchev–Trinajstić information content (AvgIpc) is 2.85. The average molecular weight is 398 g/mol. The maximum Gasteiger partial charge on any atom is 0.288 e. The Hall–Kier alpha value is -2.48. The molecular weight excluding hydrogens is 391 g/mol. The van der Waals surface area contributed by atoms with E-state index in [1.807, 2.05) is 0 Å². The minimum atomic E-state index is -0.601. The third-order valence-electron chi connectivity index (χ3n) is 3.30. The third-order valence-corrected chi connectivity index (χ3v) is 4.13. The molecule has 0 atom stereocenters. The molecule has 0 fully saturated rings. The van der Waals surface area contributed by atoms with Gasteiger partial charge in [0.25, 0.3) is 11.6 Å². The molecule has 0 saturated heterocycles. The monoisotopic (exact) mass is 396 g/mol. The van der Waals surface area contributed by atoms with Crippen LogP contribution in [-0.4, -0.2) is 22.8 Å². The number of amides is 1. The normalized spacial score (nSPS) is 14.8. The molecule has 25 heavy (non-hydrogen) atoms. The lowest BCUT2D eigenvalue weighted by Gasteiger charge is -2.00. The van der Waals surface area contributed by atoms with Crippen LogP contribution in [0.1, 0.15) is 11.1 Å². The number of nitro groups is 1. The van der Waals surface area contributed by atoms with Gasteiger partial charge in [-0.05, 0) is 18.2 Å². The van der Waals surface area contributed by atoms with Gasteiger partial charge in [0.2, 0.25) is 0 Å². The standard InChI is InChI=1S/C15H7Cl3N4O3/c16-8-4-9-13(11(18)5-8)20-15(23)14(9)21-19-6-7-1-2-10(17)12(3-7)22(24)25/h1-6H,(H,20,21,23)/b19-6-. The summed E-state index contributed by atoms with van der Waals surface area (Å²) in [4.78, 5) is 22.3. The quantitative estimate of drug-likeness (QED) is 0.474. The van der Waals surface area contributed by atoms with Gasteiger partial charge >= 0.3 is 0 Å². The second-order valence-corrected chi connectivity index (χ2v) is 6.18. The Kier molecular flexibility index (Phi) is 4.71. The van der Waals surface area contributed by atoms with E-state index < -0.39 is 10.8 Å². The van der Waals surface area contributed by atoms with Gasteiger partial charge in [-0.3, -0.25) is 14.9 Å². The molecule has 0 spiro atoms. The van der Waals surface area contributed by atoms with Gasteiger partial charge < -0.3 is 5.32 Å². The smallest absolute Gasteiger partial charge is 0.288 e. The molecule has 0 bridgehead atoms. The van der Waals surface area contributed by atoms with E-state index in [0.717, 1.165) is 0 Å². The van der Waals surface area contributed by atoms with E-state index >= 15 is 0 Å². The molecule has 0 radical (unpaired) electrons. The molecule has 2 aromatic rings. The van der Waals surface area contributed by atoms with Crippen molar-refractivity contribution in [1.29, 1.82) is 0 Å². The first-order valence-corrected chi connectivity index (χ1v) is 7.86. The molecule has 0 saturated carbocycles. The van der Waals surface area contributed by atoms with Gasteiger partial charge in [-0.2, -0.15) is 5.10 Å². The lowest BCUT2D eigenvalue weighted by Crippen LogP contribution is -2.13. The highest BCUT2D eigenvalue weighted by molar-refractivity contribution is 6.56. The zero-order chi connectivity index (χ0) is 18.1. The molecule has 1 N–H and O–H groups in total. The largest absolute Gasteiger partial charge is 0.319 e. The first-order chi connectivity index (χ1) is 11.9. The maximum atomic E-state index is 12.0. The molecule has 0 aromatic heterocycles. The molecule has 1 heterocycles. The van der Waals surface area contributed by atoms with Gasteiger partial charge in [0, 0.05) is 22.2 Å². The van der Waals surface area contributed by atoms with E-state index in [9.17, 15) is 14.9 Å². The van der Waals surface area contributed by atoms with Gasteiger partial charge in [-0.25, -0.2) is 0 Å². The molecule has 10 heteroatoms. The van der Waals surface area contributed by atoms with Crippen LogP contribution in [0.2, 0.25) is 15.1 Å². The van der Waals surface area contributed by atoms with Crippen molar-refractivity contribution in [3.8, 4) is 0 Å². The number of benzene rings is 2. The Balaban J connectivity index is 1.93. The molecule has 1 aliphatic heterocycles. The lowest BCUT2D eigenvalue weighted by molar-refractivity contribution is -0.384. The van der Waals surface area contributed by atoms with Gasteiger partial charge in [-0.1, -0.05) is 40.9 Å². The van der Waals surface area contributed by atoms with Gasteiger partial charge in [-0.15, -0.1) is 5.10 Å². The van der Waals surface area contributed by atoms with Gasteiger partial charge in [0.05, 0.1) is 21.8 Å². The summed E-state index contributed by atoms with van der Waals surface area (Å²) >= 11 is 17.7. The predicted octanol–water partition coefficient (Wildman–Crippen LogP) is 4.33. The molecule has 3 rings (SSSR count). The van der Waals surface area contributed by atoms with Crippen molar-refractivity contribution in [3.05, 3.63) is 66.6 Å². The van der Waals surface area contributed by atoms with Crippen molar-refractivity contribution in [2.75, 3.05) is 5.32 Å². The van der Waals surface area contributed by atoms with Gasteiger partial charge in [0.1, 0.15) is 5.02 Å². The van der Waals surface area contributed by atoms with Crippen molar-refractivity contribution < 1.29 is 9.72 Å². The van der Waals surface area contributed by atoms with Crippen LogP contribution in [0.25, 0.3) is 0 Å². The Labute approximate surface area is 156 Å². The summed E-state index contributed by atoms with van der Waals surface area (Å²) in [5, 5.41) is 21.8. The van der Waals surface area contributed by atoms with Crippen molar-refractivity contribution in [1.82, 2.24) is 0 Å². The molecule has 2 aromatic carbocycles. The summed E-state index contributed by atoms with van der Waals surface area (Å²) in [5.41, 5.74) is 1.04. The van der Waals surface area contributed by atoms with Crippen LogP contribution in [0.3, 0.4) is 0 Å². The van der Waals surface area contributed by atoms with Crippen LogP contribution >= 0.6 is 34.8 Å². The summed E-state index contributed by atoms with van der Waals surface area (Å²) in [6.45, 7) is 0. The fourth-order valence-corrected chi connectivity index (χ4v) is 2.91. The number of halogens is 3. The fraction of sp³-hybridized carbons (Fsp3) is 0. The highest BCUT2D eigenvalue weighted by atomic mass is 35.5. The second kappa shape index (κ2) is 6.79. The Bertz CT molecular complexity index is 973. The van der Waals surface area contributed by atoms with Gasteiger partial charge in [0.15, 0.2) is 5.71 Å². The first kappa shape index (κ1) is 17.3.